The standard InChI is InChI=1S/C28H31NO2/c1-6-18-9-11-21-24(14-18)29(5)27-25(21)26(30)22-15-20(10-12-23(22)28(27,3)4)31-16-19-8-7-17(2)13-19/h6,9-12,14-15,17,19H,1,7-8,13,16H2,2-5H3. The minimum Gasteiger partial charge on any atom is -0.493 e. The van der Waals surface area contributed by atoms with Crippen LogP contribution < -0.4 is 4.74 Å². The summed E-state index contributed by atoms with van der Waals surface area (Å²) in [6, 6.07) is 12.3. The lowest BCUT2D eigenvalue weighted by atomic mass is 9.71. The molecule has 0 amide bonds. The first-order valence-electron chi connectivity index (χ1n) is 11.4. The topological polar surface area (TPSA) is 31.2 Å². The molecule has 3 nitrogen and oxygen atoms in total. The van der Waals surface area contributed by atoms with Crippen molar-refractivity contribution in [1.29, 1.82) is 0 Å². The van der Waals surface area contributed by atoms with Crippen LogP contribution in [0.15, 0.2) is 43.0 Å². The van der Waals surface area contributed by atoms with Crippen molar-refractivity contribution in [3.05, 3.63) is 70.9 Å². The van der Waals surface area contributed by atoms with E-state index >= 15 is 0 Å². The van der Waals surface area contributed by atoms with Crippen LogP contribution in [0.25, 0.3) is 17.0 Å². The van der Waals surface area contributed by atoms with E-state index in [1.54, 1.807) is 0 Å². The highest BCUT2D eigenvalue weighted by molar-refractivity contribution is 6.20. The van der Waals surface area contributed by atoms with Crippen molar-refractivity contribution in [2.24, 2.45) is 18.9 Å². The van der Waals surface area contributed by atoms with Gasteiger partial charge in [0.15, 0.2) is 5.78 Å². The number of fused-ring (bicyclic) bond motifs is 4. The van der Waals surface area contributed by atoms with Gasteiger partial charge in [0, 0.05) is 34.6 Å². The van der Waals surface area contributed by atoms with Crippen molar-refractivity contribution >= 4 is 22.8 Å². The third-order valence-corrected chi connectivity index (χ3v) is 7.48. The van der Waals surface area contributed by atoms with Crippen LogP contribution in [0.4, 0.5) is 0 Å². The molecule has 2 atom stereocenters. The SMILES string of the molecule is C=Cc1ccc2c3c(n(C)c2c1)C(C)(C)c1ccc(OCC2CCC(C)C2)cc1C3=O. The van der Waals surface area contributed by atoms with Crippen molar-refractivity contribution < 1.29 is 9.53 Å². The zero-order valence-electron chi connectivity index (χ0n) is 19.0. The van der Waals surface area contributed by atoms with E-state index in [1.165, 1.54) is 19.3 Å². The highest BCUT2D eigenvalue weighted by atomic mass is 16.5. The minimum atomic E-state index is -0.278. The molecule has 31 heavy (non-hydrogen) atoms. The summed E-state index contributed by atoms with van der Waals surface area (Å²) in [4.78, 5) is 13.7. The Kier molecular flexibility index (Phi) is 4.62. The van der Waals surface area contributed by atoms with Gasteiger partial charge in [0.25, 0.3) is 0 Å². The van der Waals surface area contributed by atoms with Gasteiger partial charge in [0.1, 0.15) is 5.75 Å². The Morgan fingerprint density at radius 1 is 1.19 bits per heavy atom. The Balaban J connectivity index is 1.57. The average Bonchev–Trinajstić information content (AvgIpc) is 3.31. The lowest BCUT2D eigenvalue weighted by Crippen LogP contribution is -2.32. The number of carbonyl (C=O) groups excluding carboxylic acids is 1. The van der Waals surface area contributed by atoms with Crippen LogP contribution in [0.3, 0.4) is 0 Å². The lowest BCUT2D eigenvalue weighted by molar-refractivity contribution is 0.103. The molecule has 2 aliphatic carbocycles. The molecule has 0 bridgehead atoms. The molecule has 0 N–H and O–H groups in total. The number of ketones is 1. The first-order valence-corrected chi connectivity index (χ1v) is 11.4. The first kappa shape index (κ1) is 20.1. The fourth-order valence-corrected chi connectivity index (χ4v) is 5.84. The Morgan fingerprint density at radius 3 is 2.71 bits per heavy atom. The van der Waals surface area contributed by atoms with E-state index in [4.69, 9.17) is 4.74 Å². The number of ether oxygens (including phenoxy) is 1. The monoisotopic (exact) mass is 413 g/mol. The van der Waals surface area contributed by atoms with Crippen molar-refractivity contribution in [2.45, 2.75) is 45.4 Å². The maximum Gasteiger partial charge on any atom is 0.195 e. The van der Waals surface area contributed by atoms with Gasteiger partial charge in [-0.25, -0.2) is 0 Å². The Bertz CT molecular complexity index is 1210. The van der Waals surface area contributed by atoms with Gasteiger partial charge in [-0.15, -0.1) is 0 Å². The van der Waals surface area contributed by atoms with Crippen LogP contribution in [-0.2, 0) is 12.5 Å². The zero-order chi connectivity index (χ0) is 21.9. The summed E-state index contributed by atoms with van der Waals surface area (Å²) in [7, 11) is 2.06. The van der Waals surface area contributed by atoms with E-state index in [2.05, 4.69) is 57.2 Å². The summed E-state index contributed by atoms with van der Waals surface area (Å²) in [6.07, 6.45) is 5.62. The van der Waals surface area contributed by atoms with Crippen molar-refractivity contribution in [1.82, 2.24) is 4.57 Å². The van der Waals surface area contributed by atoms with Gasteiger partial charge in [0.2, 0.25) is 0 Å². The molecular weight excluding hydrogens is 382 g/mol. The predicted octanol–water partition coefficient (Wildman–Crippen LogP) is 6.51. The summed E-state index contributed by atoms with van der Waals surface area (Å²) in [5.74, 6) is 2.33. The Labute approximate surface area is 184 Å². The first-order chi connectivity index (χ1) is 14.8. The van der Waals surface area contributed by atoms with Gasteiger partial charge in [-0.1, -0.05) is 58.0 Å². The maximum atomic E-state index is 13.7. The molecule has 1 heterocycles. The summed E-state index contributed by atoms with van der Waals surface area (Å²) in [5.41, 5.74) is 5.60. The second kappa shape index (κ2) is 7.12. The lowest BCUT2D eigenvalue weighted by Gasteiger charge is -2.33. The number of hydrogen-bond donors (Lipinski definition) is 0. The zero-order valence-corrected chi connectivity index (χ0v) is 19.0. The fourth-order valence-electron chi connectivity index (χ4n) is 5.84. The molecule has 1 fully saturated rings. The highest BCUT2D eigenvalue weighted by Crippen LogP contribution is 2.46. The molecule has 0 spiro atoms. The molecule has 5 rings (SSSR count). The molecule has 2 aliphatic rings. The Hall–Kier alpha value is -2.81. The number of benzene rings is 2. The average molecular weight is 414 g/mol. The van der Waals surface area contributed by atoms with E-state index in [1.807, 2.05) is 24.3 Å². The van der Waals surface area contributed by atoms with E-state index in [-0.39, 0.29) is 11.2 Å². The van der Waals surface area contributed by atoms with E-state index in [0.717, 1.165) is 57.1 Å². The summed E-state index contributed by atoms with van der Waals surface area (Å²) in [5, 5.41) is 1.01. The van der Waals surface area contributed by atoms with Gasteiger partial charge in [-0.3, -0.25) is 4.79 Å². The largest absolute Gasteiger partial charge is 0.493 e. The third-order valence-electron chi connectivity index (χ3n) is 7.48. The third kappa shape index (κ3) is 3.05. The van der Waals surface area contributed by atoms with E-state index in [0.29, 0.717) is 5.92 Å². The predicted molar refractivity (Wildman–Crippen MR) is 127 cm³/mol. The second-order valence-electron chi connectivity index (χ2n) is 10.0. The molecule has 2 aromatic carbocycles. The number of rotatable bonds is 4. The van der Waals surface area contributed by atoms with Crippen LogP contribution in [0.2, 0.25) is 0 Å². The van der Waals surface area contributed by atoms with Crippen molar-refractivity contribution in [3.8, 4) is 5.75 Å². The van der Waals surface area contributed by atoms with Crippen LogP contribution in [0.5, 0.6) is 5.75 Å². The normalized spacial score (nSPS) is 21.7. The smallest absolute Gasteiger partial charge is 0.195 e. The van der Waals surface area contributed by atoms with Gasteiger partial charge in [-0.2, -0.15) is 0 Å². The molecule has 3 heteroatoms. The summed E-state index contributed by atoms with van der Waals surface area (Å²) < 4.78 is 8.35. The van der Waals surface area contributed by atoms with Crippen LogP contribution in [-0.4, -0.2) is 17.0 Å². The molecule has 3 aromatic rings. The van der Waals surface area contributed by atoms with E-state index in [9.17, 15) is 4.79 Å². The van der Waals surface area contributed by atoms with Crippen molar-refractivity contribution in [2.75, 3.05) is 6.61 Å². The number of hydrogen-bond acceptors (Lipinski definition) is 2. The quantitative estimate of drug-likeness (QED) is 0.488. The molecule has 0 radical (unpaired) electrons. The number of aryl methyl sites for hydroxylation is 1. The second-order valence-corrected chi connectivity index (χ2v) is 10.0. The van der Waals surface area contributed by atoms with Crippen molar-refractivity contribution in [3.63, 3.8) is 0 Å². The molecule has 0 saturated heterocycles. The van der Waals surface area contributed by atoms with Crippen LogP contribution >= 0.6 is 0 Å². The van der Waals surface area contributed by atoms with Gasteiger partial charge >= 0.3 is 0 Å². The highest BCUT2D eigenvalue weighted by Gasteiger charge is 2.41. The molecule has 1 saturated carbocycles. The van der Waals surface area contributed by atoms with E-state index < -0.39 is 0 Å². The van der Waals surface area contributed by atoms with Gasteiger partial charge < -0.3 is 9.30 Å². The Morgan fingerprint density at radius 2 is 2.00 bits per heavy atom. The minimum absolute atomic E-state index is 0.0983. The molecule has 160 valence electrons. The fraction of sp³-hybridized carbons (Fsp3) is 0.393. The molecule has 0 aliphatic heterocycles. The summed E-state index contributed by atoms with van der Waals surface area (Å²) >= 11 is 0. The number of carbonyl (C=O) groups is 1. The molecule has 1 aromatic heterocycles. The number of nitrogens with zero attached hydrogens (tertiary/aromatic N) is 1. The van der Waals surface area contributed by atoms with Gasteiger partial charge in [-0.05, 0) is 54.0 Å². The molecular formula is C28H31NO2. The van der Waals surface area contributed by atoms with Gasteiger partial charge in [0.05, 0.1) is 12.2 Å². The number of aromatic nitrogens is 1. The van der Waals surface area contributed by atoms with Crippen LogP contribution in [0, 0.1) is 11.8 Å². The van der Waals surface area contributed by atoms with Crippen LogP contribution in [0.1, 0.15) is 72.8 Å². The maximum absolute atomic E-state index is 13.7. The summed E-state index contributed by atoms with van der Waals surface area (Å²) in [6.45, 7) is 11.4. The molecule has 2 unspecified atom stereocenters.